The van der Waals surface area contributed by atoms with Gasteiger partial charge < -0.3 is 11.1 Å². The van der Waals surface area contributed by atoms with Gasteiger partial charge in [0.1, 0.15) is 11.8 Å². The number of hydrogen-bond acceptors (Lipinski definition) is 5. The fourth-order valence-corrected chi connectivity index (χ4v) is 2.28. The number of pyridine rings is 1. The van der Waals surface area contributed by atoms with Gasteiger partial charge >= 0.3 is 0 Å². The first-order valence-electron chi connectivity index (χ1n) is 7.33. The van der Waals surface area contributed by atoms with Gasteiger partial charge in [0.15, 0.2) is 5.82 Å². The number of anilines is 1. The molecule has 2 aromatic heterocycles. The van der Waals surface area contributed by atoms with Crippen LogP contribution in [0.1, 0.15) is 19.4 Å². The lowest BCUT2D eigenvalue weighted by atomic mass is 10.1. The van der Waals surface area contributed by atoms with Crippen molar-refractivity contribution in [3.63, 3.8) is 0 Å². The van der Waals surface area contributed by atoms with Crippen molar-refractivity contribution in [3.05, 3.63) is 48.3 Å². The average molecular weight is 330 g/mol. The molecule has 23 heavy (non-hydrogen) atoms. The molecule has 5 nitrogen and oxygen atoms in total. The second kappa shape index (κ2) is 7.35. The Hall–Kier alpha value is -2.24. The van der Waals surface area contributed by atoms with Gasteiger partial charge in [-0.3, -0.25) is 0 Å². The van der Waals surface area contributed by atoms with Gasteiger partial charge in [-0.2, -0.15) is 0 Å². The van der Waals surface area contributed by atoms with Crippen LogP contribution < -0.4 is 11.1 Å². The predicted octanol–water partition coefficient (Wildman–Crippen LogP) is 3.19. The summed E-state index contributed by atoms with van der Waals surface area (Å²) < 4.78 is 0. The minimum atomic E-state index is 0. The van der Waals surface area contributed by atoms with E-state index in [0.29, 0.717) is 17.4 Å². The minimum Gasteiger partial charge on any atom is -0.382 e. The van der Waals surface area contributed by atoms with Crippen LogP contribution in [0.5, 0.6) is 0 Å². The van der Waals surface area contributed by atoms with Gasteiger partial charge in [0, 0.05) is 18.2 Å². The first kappa shape index (κ1) is 17.1. The summed E-state index contributed by atoms with van der Waals surface area (Å²) in [6.07, 6.45) is 1.46. The first-order valence-corrected chi connectivity index (χ1v) is 7.33. The molecule has 3 aromatic rings. The van der Waals surface area contributed by atoms with Crippen LogP contribution in [-0.2, 0) is 6.54 Å². The van der Waals surface area contributed by atoms with E-state index in [0.717, 1.165) is 23.3 Å². The van der Waals surface area contributed by atoms with Crippen molar-refractivity contribution in [2.24, 2.45) is 0 Å². The van der Waals surface area contributed by atoms with Gasteiger partial charge in [-0.15, -0.1) is 12.4 Å². The molecule has 3 rings (SSSR count). The lowest BCUT2D eigenvalue weighted by Gasteiger charge is -2.10. The Morgan fingerprint density at radius 3 is 2.74 bits per heavy atom. The minimum absolute atomic E-state index is 0. The van der Waals surface area contributed by atoms with E-state index < -0.39 is 0 Å². The molecule has 0 bridgehead atoms. The number of nitrogens with one attached hydrogen (secondary N) is 1. The third-order valence-corrected chi connectivity index (χ3v) is 3.45. The molecule has 0 spiro atoms. The Bertz CT molecular complexity index is 804. The van der Waals surface area contributed by atoms with E-state index in [1.54, 1.807) is 0 Å². The van der Waals surface area contributed by atoms with Crippen LogP contribution in [0.2, 0.25) is 0 Å². The van der Waals surface area contributed by atoms with E-state index in [-0.39, 0.29) is 12.4 Å². The largest absolute Gasteiger partial charge is 0.382 e. The molecule has 6 heteroatoms. The lowest BCUT2D eigenvalue weighted by molar-refractivity contribution is 0.589. The summed E-state index contributed by atoms with van der Waals surface area (Å²) >= 11 is 0. The molecule has 0 aliphatic rings. The monoisotopic (exact) mass is 329 g/mol. The van der Waals surface area contributed by atoms with E-state index >= 15 is 0 Å². The fourth-order valence-electron chi connectivity index (χ4n) is 2.28. The van der Waals surface area contributed by atoms with Gasteiger partial charge in [-0.05, 0) is 23.8 Å². The molecule has 3 N–H and O–H groups in total. The molecule has 0 atom stereocenters. The third kappa shape index (κ3) is 3.94. The normalized spacial score (nSPS) is 10.7. The zero-order chi connectivity index (χ0) is 15.5. The second-order valence-corrected chi connectivity index (χ2v) is 5.56. The van der Waals surface area contributed by atoms with E-state index in [4.69, 9.17) is 5.73 Å². The zero-order valence-electron chi connectivity index (χ0n) is 13.2. The summed E-state index contributed by atoms with van der Waals surface area (Å²) in [5.41, 5.74) is 10.5. The molecule has 0 amide bonds. The number of rotatable bonds is 4. The van der Waals surface area contributed by atoms with Crippen LogP contribution in [0, 0.1) is 0 Å². The van der Waals surface area contributed by atoms with Gasteiger partial charge in [0.2, 0.25) is 0 Å². The summed E-state index contributed by atoms with van der Waals surface area (Å²) in [4.78, 5) is 12.8. The van der Waals surface area contributed by atoms with Crippen LogP contribution in [0.25, 0.3) is 22.3 Å². The molecule has 0 aliphatic heterocycles. The standard InChI is InChI=1S/C17H19N5.ClH/c1-11(2)19-9-12-4-3-5-13(8-12)14-6-7-15-16(22-14)17(18)21-10-20-15;/h3-8,10-11,19H,9H2,1-2H3,(H2,18,20,21);1H. The molecule has 2 heterocycles. The number of nitrogens with zero attached hydrogens (tertiary/aromatic N) is 3. The predicted molar refractivity (Wildman–Crippen MR) is 96.4 cm³/mol. The van der Waals surface area contributed by atoms with Crippen LogP contribution in [0.3, 0.4) is 0 Å². The average Bonchev–Trinajstić information content (AvgIpc) is 2.53. The van der Waals surface area contributed by atoms with Crippen molar-refractivity contribution >= 4 is 29.3 Å². The number of nitrogens with two attached hydrogens (primary N) is 1. The van der Waals surface area contributed by atoms with Gasteiger partial charge in [0.05, 0.1) is 11.2 Å². The maximum Gasteiger partial charge on any atom is 0.153 e. The summed E-state index contributed by atoms with van der Waals surface area (Å²) in [6, 6.07) is 12.7. The quantitative estimate of drug-likeness (QED) is 0.768. The van der Waals surface area contributed by atoms with E-state index in [9.17, 15) is 0 Å². The summed E-state index contributed by atoms with van der Waals surface area (Å²) in [7, 11) is 0. The Morgan fingerprint density at radius 2 is 1.96 bits per heavy atom. The molecule has 0 radical (unpaired) electrons. The highest BCUT2D eigenvalue weighted by Crippen LogP contribution is 2.22. The topological polar surface area (TPSA) is 76.7 Å². The van der Waals surface area contributed by atoms with Crippen molar-refractivity contribution in [2.45, 2.75) is 26.4 Å². The van der Waals surface area contributed by atoms with E-state index in [1.807, 2.05) is 24.3 Å². The number of halogens is 1. The number of nitrogen functional groups attached to an aromatic ring is 1. The van der Waals surface area contributed by atoms with Crippen LogP contribution in [-0.4, -0.2) is 21.0 Å². The fraction of sp³-hybridized carbons (Fsp3) is 0.235. The molecular weight excluding hydrogens is 310 g/mol. The van der Waals surface area contributed by atoms with Crippen molar-refractivity contribution in [3.8, 4) is 11.3 Å². The van der Waals surface area contributed by atoms with Crippen molar-refractivity contribution in [2.75, 3.05) is 5.73 Å². The highest BCUT2D eigenvalue weighted by Gasteiger charge is 2.06. The number of aromatic nitrogens is 3. The highest BCUT2D eigenvalue weighted by atomic mass is 35.5. The SMILES string of the molecule is CC(C)NCc1cccc(-c2ccc3ncnc(N)c3n2)c1.Cl. The Balaban J connectivity index is 0.00000192. The van der Waals surface area contributed by atoms with Gasteiger partial charge in [-0.1, -0.05) is 32.0 Å². The highest BCUT2D eigenvalue weighted by molar-refractivity contribution is 5.86. The summed E-state index contributed by atoms with van der Waals surface area (Å²) in [6.45, 7) is 5.11. The zero-order valence-corrected chi connectivity index (χ0v) is 14.0. The molecule has 0 unspecified atom stereocenters. The smallest absolute Gasteiger partial charge is 0.153 e. The Labute approximate surface area is 141 Å². The van der Waals surface area contributed by atoms with Crippen molar-refractivity contribution in [1.29, 1.82) is 0 Å². The lowest BCUT2D eigenvalue weighted by Crippen LogP contribution is -2.21. The first-order chi connectivity index (χ1) is 10.6. The molecule has 0 saturated heterocycles. The van der Waals surface area contributed by atoms with E-state index in [1.165, 1.54) is 11.9 Å². The maximum absolute atomic E-state index is 5.89. The van der Waals surface area contributed by atoms with Crippen LogP contribution in [0.15, 0.2) is 42.7 Å². The molecule has 0 fully saturated rings. The Morgan fingerprint density at radius 1 is 1.13 bits per heavy atom. The summed E-state index contributed by atoms with van der Waals surface area (Å²) in [5, 5.41) is 3.42. The van der Waals surface area contributed by atoms with Crippen molar-refractivity contribution in [1.82, 2.24) is 20.3 Å². The van der Waals surface area contributed by atoms with Crippen molar-refractivity contribution < 1.29 is 0 Å². The molecule has 1 aromatic carbocycles. The number of benzene rings is 1. The third-order valence-electron chi connectivity index (χ3n) is 3.45. The number of fused-ring (bicyclic) bond motifs is 1. The summed E-state index contributed by atoms with van der Waals surface area (Å²) in [5.74, 6) is 0.407. The van der Waals surface area contributed by atoms with Gasteiger partial charge in [0.25, 0.3) is 0 Å². The molecular formula is C17H20ClN5. The van der Waals surface area contributed by atoms with Crippen LogP contribution in [0.4, 0.5) is 5.82 Å². The molecule has 0 saturated carbocycles. The molecule has 120 valence electrons. The van der Waals surface area contributed by atoms with E-state index in [2.05, 4.69) is 46.2 Å². The maximum atomic E-state index is 5.89. The Kier molecular flexibility index (Phi) is 5.47. The number of hydrogen-bond donors (Lipinski definition) is 2. The second-order valence-electron chi connectivity index (χ2n) is 5.56. The van der Waals surface area contributed by atoms with Gasteiger partial charge in [-0.25, -0.2) is 15.0 Å². The van der Waals surface area contributed by atoms with Crippen LogP contribution >= 0.6 is 12.4 Å². The molecule has 0 aliphatic carbocycles.